The first-order chi connectivity index (χ1) is 26.0. The molecule has 0 aliphatic heterocycles. The van der Waals surface area contributed by atoms with Gasteiger partial charge in [0.1, 0.15) is 0 Å². The Kier molecular flexibility index (Phi) is 6.79. The van der Waals surface area contributed by atoms with E-state index in [-0.39, 0.29) is 5.41 Å². The highest BCUT2D eigenvalue weighted by Crippen LogP contribution is 2.69. The lowest BCUT2D eigenvalue weighted by Gasteiger charge is -2.32. The molecule has 1 heterocycles. The molecule has 4 heteroatoms. The number of hydrogen-bond donors (Lipinski definition) is 0. The second-order valence-electron chi connectivity index (χ2n) is 16.8. The Hall–Kier alpha value is -5.40. The second-order valence-corrected chi connectivity index (χ2v) is 16.8. The van der Waals surface area contributed by atoms with E-state index in [0.717, 1.165) is 53.2 Å². The molecule has 5 aromatic carbocycles. The average molecular weight is 687 g/mol. The van der Waals surface area contributed by atoms with Crippen molar-refractivity contribution in [1.29, 1.82) is 5.26 Å². The van der Waals surface area contributed by atoms with Crippen LogP contribution in [-0.2, 0) is 10.8 Å². The summed E-state index contributed by atoms with van der Waals surface area (Å²) in [6.07, 6.45) is 10.5. The molecule has 53 heavy (non-hydrogen) atoms. The molecule has 4 fully saturated rings. The summed E-state index contributed by atoms with van der Waals surface area (Å²) in [6, 6.07) is 43.8. The summed E-state index contributed by atoms with van der Waals surface area (Å²) in [4.78, 5) is 15.0. The van der Waals surface area contributed by atoms with Gasteiger partial charge in [0.05, 0.1) is 11.6 Å². The predicted octanol–water partition coefficient (Wildman–Crippen LogP) is 11.6. The second kappa shape index (κ2) is 11.5. The minimum atomic E-state index is -0.00173. The molecule has 0 radical (unpaired) electrons. The van der Waals surface area contributed by atoms with Crippen molar-refractivity contribution < 1.29 is 0 Å². The Morgan fingerprint density at radius 2 is 1.11 bits per heavy atom. The monoisotopic (exact) mass is 686 g/mol. The van der Waals surface area contributed by atoms with Gasteiger partial charge in [-0.1, -0.05) is 98.6 Å². The maximum absolute atomic E-state index is 9.39. The topological polar surface area (TPSA) is 62.5 Å². The van der Waals surface area contributed by atoms with Crippen LogP contribution in [0.25, 0.3) is 56.4 Å². The minimum absolute atomic E-state index is 0.00173. The fourth-order valence-electron chi connectivity index (χ4n) is 12.1. The molecule has 5 atom stereocenters. The molecule has 0 N–H and O–H groups in total. The third kappa shape index (κ3) is 4.56. The van der Waals surface area contributed by atoms with Gasteiger partial charge in [-0.3, -0.25) is 0 Å². The molecule has 5 aliphatic carbocycles. The number of rotatable bonds is 5. The molecule has 0 saturated heterocycles. The van der Waals surface area contributed by atoms with Crippen LogP contribution in [0.15, 0.2) is 115 Å². The number of fused-ring (bicyclic) bond motifs is 6. The molecule has 2 bridgehead atoms. The normalized spacial score (nSPS) is 25.4. The largest absolute Gasteiger partial charge is 0.208 e. The molecule has 5 aliphatic rings. The van der Waals surface area contributed by atoms with Crippen LogP contribution in [0.3, 0.4) is 0 Å². The molecule has 6 aromatic rings. The number of nitrogens with zero attached hydrogens (tertiary/aromatic N) is 4. The Bertz CT molecular complexity index is 2440. The molecule has 1 unspecified atom stereocenters. The third-order valence-electron chi connectivity index (χ3n) is 14.5. The first-order valence-corrected chi connectivity index (χ1v) is 19.8. The van der Waals surface area contributed by atoms with Crippen LogP contribution in [0.1, 0.15) is 80.5 Å². The minimum Gasteiger partial charge on any atom is -0.208 e. The molecular weight excluding hydrogens is 645 g/mol. The fourth-order valence-corrected chi connectivity index (χ4v) is 12.1. The summed E-state index contributed by atoms with van der Waals surface area (Å²) in [7, 11) is 0. The fraction of sp³-hybridized carbons (Fsp3) is 0.306. The van der Waals surface area contributed by atoms with Crippen LogP contribution < -0.4 is 0 Å². The van der Waals surface area contributed by atoms with Crippen LogP contribution >= 0.6 is 0 Å². The first kappa shape index (κ1) is 31.2. The zero-order chi connectivity index (χ0) is 35.3. The lowest BCUT2D eigenvalue weighted by atomic mass is 9.72. The summed E-state index contributed by atoms with van der Waals surface area (Å²) in [5, 5.41) is 9.39. The molecule has 4 nitrogen and oxygen atoms in total. The van der Waals surface area contributed by atoms with Gasteiger partial charge in [0, 0.05) is 22.1 Å². The van der Waals surface area contributed by atoms with Gasteiger partial charge in [-0.15, -0.1) is 0 Å². The SMILES string of the molecule is C[C@H]1[C@@H]2[C@@H]3CC[C@H]2CC1(c1ccc(-c2ccc4c(c2)C2(CCCC2)c2cc(-c5nc(-c6ccccc6)nc(-c6ccc(C#N)cc6)n5)ccc2-4)cc1)C3. The van der Waals surface area contributed by atoms with Crippen molar-refractivity contribution in [3.8, 4) is 62.5 Å². The van der Waals surface area contributed by atoms with Gasteiger partial charge in [-0.25, -0.2) is 15.0 Å². The predicted molar refractivity (Wildman–Crippen MR) is 211 cm³/mol. The highest BCUT2D eigenvalue weighted by molar-refractivity contribution is 5.86. The zero-order valence-corrected chi connectivity index (χ0v) is 30.2. The lowest BCUT2D eigenvalue weighted by molar-refractivity contribution is 0.307. The highest BCUT2D eigenvalue weighted by Gasteiger charge is 2.63. The summed E-state index contributed by atoms with van der Waals surface area (Å²) in [6.45, 7) is 2.56. The molecule has 1 spiro atoms. The molecule has 11 rings (SSSR count). The van der Waals surface area contributed by atoms with E-state index in [0.29, 0.717) is 28.5 Å². The van der Waals surface area contributed by atoms with Crippen molar-refractivity contribution in [3.63, 3.8) is 0 Å². The summed E-state index contributed by atoms with van der Waals surface area (Å²) >= 11 is 0. The van der Waals surface area contributed by atoms with Crippen LogP contribution in [0.2, 0.25) is 0 Å². The van der Waals surface area contributed by atoms with E-state index in [1.165, 1.54) is 71.9 Å². The van der Waals surface area contributed by atoms with Crippen molar-refractivity contribution >= 4 is 0 Å². The third-order valence-corrected chi connectivity index (χ3v) is 14.5. The van der Waals surface area contributed by atoms with Crippen molar-refractivity contribution in [2.75, 3.05) is 0 Å². The molecule has 4 saturated carbocycles. The van der Waals surface area contributed by atoms with Gasteiger partial charge in [-0.2, -0.15) is 5.26 Å². The standard InChI is InChI=1S/C49H42N4/c1-30-44-37-13-14-38(44)28-49(30,27-37)39-19-15-32(16-20-39)35-17-21-40-41-22-18-36(26-43(41)48(42(40)25-35)23-5-6-24-48)47-52-45(33-7-3-2-4-8-33)51-46(53-47)34-11-9-31(29-50)10-12-34/h2-4,7-12,15-22,25-26,30,37-38,44H,5-6,13-14,23-24,27-28H2,1H3/t30-,37-,38+,44-,49?/m0/s1. The van der Waals surface area contributed by atoms with Gasteiger partial charge < -0.3 is 0 Å². The number of hydrogen-bond acceptors (Lipinski definition) is 4. The molecular formula is C49H42N4. The maximum atomic E-state index is 9.39. The Labute approximate surface area is 312 Å². The zero-order valence-electron chi connectivity index (χ0n) is 30.2. The van der Waals surface area contributed by atoms with Gasteiger partial charge in [0.25, 0.3) is 0 Å². The van der Waals surface area contributed by atoms with Crippen molar-refractivity contribution in [3.05, 3.63) is 138 Å². The van der Waals surface area contributed by atoms with Crippen LogP contribution in [0, 0.1) is 35.0 Å². The van der Waals surface area contributed by atoms with Crippen LogP contribution in [0.5, 0.6) is 0 Å². The maximum Gasteiger partial charge on any atom is 0.164 e. The Balaban J connectivity index is 0.971. The van der Waals surface area contributed by atoms with Crippen LogP contribution in [-0.4, -0.2) is 15.0 Å². The highest BCUT2D eigenvalue weighted by atomic mass is 15.0. The van der Waals surface area contributed by atoms with E-state index in [9.17, 15) is 5.26 Å². The summed E-state index contributed by atoms with van der Waals surface area (Å²) < 4.78 is 0. The molecule has 1 aromatic heterocycles. The smallest absolute Gasteiger partial charge is 0.164 e. The van der Waals surface area contributed by atoms with E-state index >= 15 is 0 Å². The molecule has 258 valence electrons. The first-order valence-electron chi connectivity index (χ1n) is 19.8. The Morgan fingerprint density at radius 3 is 1.72 bits per heavy atom. The van der Waals surface area contributed by atoms with E-state index in [1.807, 2.05) is 54.6 Å². The quantitative estimate of drug-likeness (QED) is 0.181. The Morgan fingerprint density at radius 1 is 0.585 bits per heavy atom. The van der Waals surface area contributed by atoms with Gasteiger partial charge >= 0.3 is 0 Å². The average Bonchev–Trinajstić information content (AvgIpc) is 4.01. The lowest BCUT2D eigenvalue weighted by Crippen LogP contribution is -2.26. The van der Waals surface area contributed by atoms with Gasteiger partial charge in [-0.05, 0) is 143 Å². The number of benzene rings is 5. The number of aromatic nitrogens is 3. The number of nitriles is 1. The van der Waals surface area contributed by atoms with Crippen molar-refractivity contribution in [1.82, 2.24) is 15.0 Å². The van der Waals surface area contributed by atoms with Crippen molar-refractivity contribution in [2.24, 2.45) is 23.7 Å². The van der Waals surface area contributed by atoms with E-state index < -0.39 is 0 Å². The van der Waals surface area contributed by atoms with E-state index in [1.54, 1.807) is 5.56 Å². The van der Waals surface area contributed by atoms with Crippen LogP contribution in [0.4, 0.5) is 0 Å². The van der Waals surface area contributed by atoms with E-state index in [4.69, 9.17) is 15.0 Å². The van der Waals surface area contributed by atoms with Crippen molar-refractivity contribution in [2.45, 2.75) is 69.1 Å². The van der Waals surface area contributed by atoms with E-state index in [2.05, 4.69) is 73.7 Å². The summed E-state index contributed by atoms with van der Waals surface area (Å²) in [5.74, 6) is 5.64. The molecule has 0 amide bonds. The van der Waals surface area contributed by atoms with Gasteiger partial charge in [0.15, 0.2) is 17.5 Å². The van der Waals surface area contributed by atoms with Gasteiger partial charge in [0.2, 0.25) is 0 Å². The summed E-state index contributed by atoms with van der Waals surface area (Å²) in [5.41, 5.74) is 13.7.